The molecule has 1 unspecified atom stereocenters. The van der Waals surface area contributed by atoms with Gasteiger partial charge in [0.15, 0.2) is 0 Å². The number of aliphatic hydroxyl groups is 1. The van der Waals surface area contributed by atoms with Gasteiger partial charge in [0.1, 0.15) is 0 Å². The Bertz CT molecular complexity index is 495. The zero-order valence-electron chi connectivity index (χ0n) is 12.0. The van der Waals surface area contributed by atoms with Crippen LogP contribution in [0.15, 0.2) is 42.7 Å². The van der Waals surface area contributed by atoms with Crippen molar-refractivity contribution in [1.82, 2.24) is 15.1 Å². The Morgan fingerprint density at radius 2 is 2.05 bits per heavy atom. The highest BCUT2D eigenvalue weighted by Crippen LogP contribution is 2.05. The van der Waals surface area contributed by atoms with Gasteiger partial charge in [0, 0.05) is 31.0 Å². The van der Waals surface area contributed by atoms with E-state index in [2.05, 4.69) is 35.7 Å². The first-order chi connectivity index (χ1) is 9.81. The van der Waals surface area contributed by atoms with Gasteiger partial charge in [0.2, 0.25) is 0 Å². The van der Waals surface area contributed by atoms with Crippen LogP contribution in [0.1, 0.15) is 30.9 Å². The Morgan fingerprint density at radius 3 is 2.75 bits per heavy atom. The van der Waals surface area contributed by atoms with Crippen LogP contribution in [0.4, 0.5) is 0 Å². The fourth-order valence-corrected chi connectivity index (χ4v) is 2.22. The molecule has 4 heteroatoms. The van der Waals surface area contributed by atoms with Crippen molar-refractivity contribution in [2.24, 2.45) is 0 Å². The lowest BCUT2D eigenvalue weighted by Crippen LogP contribution is -2.28. The molecular formula is C16H23N3O. The van der Waals surface area contributed by atoms with Crippen LogP contribution in [0.25, 0.3) is 0 Å². The molecule has 4 nitrogen and oxygen atoms in total. The number of rotatable bonds is 8. The van der Waals surface area contributed by atoms with Crippen molar-refractivity contribution < 1.29 is 5.11 Å². The largest absolute Gasteiger partial charge is 0.396 e. The van der Waals surface area contributed by atoms with Crippen molar-refractivity contribution in [3.63, 3.8) is 0 Å². The van der Waals surface area contributed by atoms with E-state index in [1.807, 2.05) is 29.1 Å². The van der Waals surface area contributed by atoms with Crippen LogP contribution in [-0.4, -0.2) is 27.5 Å². The Morgan fingerprint density at radius 1 is 1.25 bits per heavy atom. The molecule has 0 saturated carbocycles. The standard InChI is InChI=1S/C16H23N3O/c1-2-16(8-9-20)17-10-15-11-18-19(13-15)12-14-6-4-3-5-7-14/h3-7,11,13,16-17,20H,2,8-10,12H2,1H3. The third-order valence-electron chi connectivity index (χ3n) is 3.44. The second kappa shape index (κ2) is 7.82. The van der Waals surface area contributed by atoms with Gasteiger partial charge in [-0.25, -0.2) is 0 Å². The molecule has 0 radical (unpaired) electrons. The monoisotopic (exact) mass is 273 g/mol. The topological polar surface area (TPSA) is 50.1 Å². The van der Waals surface area contributed by atoms with Gasteiger partial charge in [-0.1, -0.05) is 37.3 Å². The lowest BCUT2D eigenvalue weighted by Gasteiger charge is -2.14. The summed E-state index contributed by atoms with van der Waals surface area (Å²) in [6.07, 6.45) is 5.81. The van der Waals surface area contributed by atoms with E-state index in [0.717, 1.165) is 25.9 Å². The fraction of sp³-hybridized carbons (Fsp3) is 0.438. The number of hydrogen-bond acceptors (Lipinski definition) is 3. The summed E-state index contributed by atoms with van der Waals surface area (Å²) < 4.78 is 1.96. The second-order valence-electron chi connectivity index (χ2n) is 5.03. The summed E-state index contributed by atoms with van der Waals surface area (Å²) in [4.78, 5) is 0. The minimum Gasteiger partial charge on any atom is -0.396 e. The lowest BCUT2D eigenvalue weighted by molar-refractivity contribution is 0.262. The van der Waals surface area contributed by atoms with Crippen molar-refractivity contribution in [1.29, 1.82) is 0 Å². The number of aliphatic hydroxyl groups excluding tert-OH is 1. The Labute approximate surface area is 120 Å². The van der Waals surface area contributed by atoms with Crippen LogP contribution < -0.4 is 5.32 Å². The van der Waals surface area contributed by atoms with E-state index in [0.29, 0.717) is 6.04 Å². The minimum absolute atomic E-state index is 0.235. The van der Waals surface area contributed by atoms with Crippen molar-refractivity contribution >= 4 is 0 Å². The van der Waals surface area contributed by atoms with Crippen LogP contribution in [0.2, 0.25) is 0 Å². The maximum absolute atomic E-state index is 8.98. The fourth-order valence-electron chi connectivity index (χ4n) is 2.22. The van der Waals surface area contributed by atoms with Gasteiger partial charge >= 0.3 is 0 Å². The van der Waals surface area contributed by atoms with Gasteiger partial charge in [-0.2, -0.15) is 5.10 Å². The molecule has 1 aromatic carbocycles. The molecule has 2 rings (SSSR count). The number of benzene rings is 1. The summed E-state index contributed by atoms with van der Waals surface area (Å²) in [5.74, 6) is 0. The first-order valence-electron chi connectivity index (χ1n) is 7.21. The predicted octanol–water partition coefficient (Wildman–Crippen LogP) is 2.18. The minimum atomic E-state index is 0.235. The predicted molar refractivity (Wildman–Crippen MR) is 80.4 cm³/mol. The van der Waals surface area contributed by atoms with Gasteiger partial charge in [0.05, 0.1) is 12.7 Å². The first kappa shape index (κ1) is 14.8. The number of aromatic nitrogens is 2. The van der Waals surface area contributed by atoms with Gasteiger partial charge in [0.25, 0.3) is 0 Å². The summed E-state index contributed by atoms with van der Waals surface area (Å²) in [5, 5.41) is 16.8. The van der Waals surface area contributed by atoms with E-state index in [-0.39, 0.29) is 6.61 Å². The highest BCUT2D eigenvalue weighted by molar-refractivity contribution is 5.15. The molecule has 0 spiro atoms. The van der Waals surface area contributed by atoms with Crippen LogP contribution in [0, 0.1) is 0 Å². The molecule has 1 aromatic heterocycles. The highest BCUT2D eigenvalue weighted by Gasteiger charge is 2.06. The molecule has 2 aromatic rings. The molecule has 0 aliphatic rings. The van der Waals surface area contributed by atoms with E-state index < -0.39 is 0 Å². The van der Waals surface area contributed by atoms with E-state index in [4.69, 9.17) is 5.11 Å². The molecule has 2 N–H and O–H groups in total. The zero-order valence-corrected chi connectivity index (χ0v) is 12.0. The average Bonchev–Trinajstić information content (AvgIpc) is 2.92. The smallest absolute Gasteiger partial charge is 0.0659 e. The average molecular weight is 273 g/mol. The van der Waals surface area contributed by atoms with Crippen LogP contribution in [-0.2, 0) is 13.1 Å². The zero-order chi connectivity index (χ0) is 14.2. The number of nitrogens with one attached hydrogen (secondary N) is 1. The van der Waals surface area contributed by atoms with Gasteiger partial charge in [-0.3, -0.25) is 4.68 Å². The van der Waals surface area contributed by atoms with Crippen molar-refractivity contribution in [3.05, 3.63) is 53.9 Å². The third kappa shape index (κ3) is 4.47. The maximum Gasteiger partial charge on any atom is 0.0659 e. The Balaban J connectivity index is 1.86. The molecule has 0 saturated heterocycles. The van der Waals surface area contributed by atoms with Crippen molar-refractivity contribution in [3.8, 4) is 0 Å². The highest BCUT2D eigenvalue weighted by atomic mass is 16.3. The maximum atomic E-state index is 8.98. The molecule has 0 amide bonds. The van der Waals surface area contributed by atoms with E-state index in [9.17, 15) is 0 Å². The normalized spacial score (nSPS) is 12.5. The van der Waals surface area contributed by atoms with E-state index in [1.54, 1.807) is 0 Å². The summed E-state index contributed by atoms with van der Waals surface area (Å²) in [5.41, 5.74) is 2.43. The SMILES string of the molecule is CCC(CCO)NCc1cnn(Cc2ccccc2)c1. The summed E-state index contributed by atoms with van der Waals surface area (Å²) in [6.45, 7) is 3.97. The molecule has 0 fully saturated rings. The van der Waals surface area contributed by atoms with Gasteiger partial charge in [-0.05, 0) is 18.4 Å². The summed E-state index contributed by atoms with van der Waals surface area (Å²) >= 11 is 0. The quantitative estimate of drug-likeness (QED) is 0.775. The summed E-state index contributed by atoms with van der Waals surface area (Å²) in [6, 6.07) is 10.7. The first-order valence-corrected chi connectivity index (χ1v) is 7.21. The van der Waals surface area contributed by atoms with Crippen molar-refractivity contribution in [2.75, 3.05) is 6.61 Å². The van der Waals surface area contributed by atoms with E-state index >= 15 is 0 Å². The second-order valence-corrected chi connectivity index (χ2v) is 5.03. The molecule has 108 valence electrons. The molecule has 0 aliphatic heterocycles. The van der Waals surface area contributed by atoms with Gasteiger partial charge in [-0.15, -0.1) is 0 Å². The van der Waals surface area contributed by atoms with Crippen molar-refractivity contribution in [2.45, 2.75) is 38.9 Å². The van der Waals surface area contributed by atoms with Gasteiger partial charge < -0.3 is 10.4 Å². The molecule has 0 bridgehead atoms. The third-order valence-corrected chi connectivity index (χ3v) is 3.44. The lowest BCUT2D eigenvalue weighted by atomic mass is 10.1. The van der Waals surface area contributed by atoms with Crippen LogP contribution in [0.5, 0.6) is 0 Å². The molecule has 0 aliphatic carbocycles. The Kier molecular flexibility index (Phi) is 5.77. The number of hydrogen-bond donors (Lipinski definition) is 2. The number of nitrogens with zero attached hydrogens (tertiary/aromatic N) is 2. The Hall–Kier alpha value is -1.65. The summed E-state index contributed by atoms with van der Waals surface area (Å²) in [7, 11) is 0. The molecule has 1 heterocycles. The van der Waals surface area contributed by atoms with Crippen LogP contribution >= 0.6 is 0 Å². The molecular weight excluding hydrogens is 250 g/mol. The molecule has 20 heavy (non-hydrogen) atoms. The van der Waals surface area contributed by atoms with Crippen LogP contribution in [0.3, 0.4) is 0 Å². The molecule has 1 atom stereocenters. The van der Waals surface area contributed by atoms with E-state index in [1.165, 1.54) is 11.1 Å².